The van der Waals surface area contributed by atoms with Crippen LogP contribution in [0.2, 0.25) is 0 Å². The molecule has 1 aromatic carbocycles. The Morgan fingerprint density at radius 1 is 1.45 bits per heavy atom. The largest absolute Gasteiger partial charge is 0.481 e. The van der Waals surface area contributed by atoms with Crippen LogP contribution in [-0.2, 0) is 9.59 Å². The summed E-state index contributed by atoms with van der Waals surface area (Å²) < 4.78 is 0.951. The summed E-state index contributed by atoms with van der Waals surface area (Å²) >= 11 is 3.37. The van der Waals surface area contributed by atoms with E-state index in [0.29, 0.717) is 13.0 Å². The maximum atomic E-state index is 12.1. The summed E-state index contributed by atoms with van der Waals surface area (Å²) in [5, 5.41) is 9.06. The lowest BCUT2D eigenvalue weighted by Crippen LogP contribution is -2.36. The summed E-state index contributed by atoms with van der Waals surface area (Å²) in [5.74, 6) is -1.43. The maximum Gasteiger partial charge on any atom is 0.308 e. The van der Waals surface area contributed by atoms with Gasteiger partial charge in [0.1, 0.15) is 0 Å². The van der Waals surface area contributed by atoms with Gasteiger partial charge in [-0.15, -0.1) is 0 Å². The third-order valence-corrected chi connectivity index (χ3v) is 4.12. The van der Waals surface area contributed by atoms with Gasteiger partial charge in [-0.3, -0.25) is 9.59 Å². The Morgan fingerprint density at radius 3 is 2.80 bits per heavy atom. The molecule has 2 rings (SSSR count). The number of carboxylic acid groups (broad SMARTS) is 1. The number of aliphatic carboxylic acids is 1. The molecule has 1 aromatic rings. The highest BCUT2D eigenvalue weighted by atomic mass is 79.9. The summed E-state index contributed by atoms with van der Waals surface area (Å²) in [4.78, 5) is 24.8. The van der Waals surface area contributed by atoms with E-state index in [0.717, 1.165) is 10.0 Å². The molecule has 1 aliphatic rings. The average Bonchev–Trinajstić information content (AvgIpc) is 2.78. The van der Waals surface area contributed by atoms with Gasteiger partial charge in [0.25, 0.3) is 0 Å². The zero-order valence-corrected chi connectivity index (χ0v) is 12.7. The fraction of sp³-hybridized carbons (Fsp3) is 0.333. The predicted molar refractivity (Wildman–Crippen MR) is 80.1 cm³/mol. The molecule has 0 aliphatic carbocycles. The van der Waals surface area contributed by atoms with Crippen LogP contribution in [0.4, 0.5) is 0 Å². The fourth-order valence-corrected chi connectivity index (χ4v) is 2.87. The number of hydrogen-bond donors (Lipinski definition) is 1. The topological polar surface area (TPSA) is 57.6 Å². The predicted octanol–water partition coefficient (Wildman–Crippen LogP) is 2.78. The van der Waals surface area contributed by atoms with Crippen molar-refractivity contribution in [3.63, 3.8) is 0 Å². The minimum atomic E-state index is -0.830. The molecule has 5 heteroatoms. The lowest BCUT2D eigenvalue weighted by atomic mass is 10.0. The van der Waals surface area contributed by atoms with E-state index >= 15 is 0 Å². The van der Waals surface area contributed by atoms with Gasteiger partial charge in [-0.1, -0.05) is 28.1 Å². The van der Waals surface area contributed by atoms with Crippen molar-refractivity contribution in [1.82, 2.24) is 4.90 Å². The van der Waals surface area contributed by atoms with E-state index in [9.17, 15) is 9.59 Å². The Hall–Kier alpha value is -1.62. The van der Waals surface area contributed by atoms with Crippen LogP contribution < -0.4 is 0 Å². The average molecular weight is 338 g/mol. The van der Waals surface area contributed by atoms with Gasteiger partial charge in [0.15, 0.2) is 0 Å². The van der Waals surface area contributed by atoms with E-state index in [4.69, 9.17) is 5.11 Å². The van der Waals surface area contributed by atoms with Crippen molar-refractivity contribution < 1.29 is 14.7 Å². The van der Waals surface area contributed by atoms with Crippen LogP contribution in [0.15, 0.2) is 34.8 Å². The molecule has 0 spiro atoms. The van der Waals surface area contributed by atoms with Crippen LogP contribution in [0.5, 0.6) is 0 Å². The van der Waals surface area contributed by atoms with E-state index in [2.05, 4.69) is 15.9 Å². The van der Waals surface area contributed by atoms with E-state index < -0.39 is 11.9 Å². The van der Waals surface area contributed by atoms with Crippen molar-refractivity contribution in [1.29, 1.82) is 0 Å². The molecule has 0 aromatic heterocycles. The van der Waals surface area contributed by atoms with Gasteiger partial charge in [-0.25, -0.2) is 0 Å². The van der Waals surface area contributed by atoms with Crippen LogP contribution in [0.1, 0.15) is 18.9 Å². The molecule has 1 amide bonds. The summed E-state index contributed by atoms with van der Waals surface area (Å²) in [6.07, 6.45) is 3.77. The lowest BCUT2D eigenvalue weighted by Gasteiger charge is -2.21. The first kappa shape index (κ1) is 14.8. The molecule has 1 N–H and O–H groups in total. The van der Waals surface area contributed by atoms with Gasteiger partial charge >= 0.3 is 5.97 Å². The second-order valence-electron chi connectivity index (χ2n) is 4.89. The Balaban J connectivity index is 2.04. The minimum absolute atomic E-state index is 0.138. The molecule has 2 atom stereocenters. The fourth-order valence-electron chi connectivity index (χ4n) is 2.45. The quantitative estimate of drug-likeness (QED) is 0.863. The SMILES string of the molecule is CC1C(C(=O)O)CCN1C(=O)C=Cc1cccc(Br)c1. The second-order valence-corrected chi connectivity index (χ2v) is 5.81. The Morgan fingerprint density at radius 2 is 2.20 bits per heavy atom. The first-order valence-corrected chi connectivity index (χ1v) is 7.25. The number of carboxylic acids is 1. The second kappa shape index (κ2) is 6.22. The van der Waals surface area contributed by atoms with E-state index in [1.165, 1.54) is 6.08 Å². The van der Waals surface area contributed by atoms with Crippen LogP contribution >= 0.6 is 15.9 Å². The Labute approximate surface area is 126 Å². The molecule has 0 saturated carbocycles. The number of hydrogen-bond acceptors (Lipinski definition) is 2. The number of carbonyl (C=O) groups excluding carboxylic acids is 1. The van der Waals surface area contributed by atoms with Gasteiger partial charge in [0.05, 0.1) is 5.92 Å². The standard InChI is InChI=1S/C15H16BrNO3/c1-10-13(15(19)20)7-8-17(10)14(18)6-5-11-3-2-4-12(16)9-11/h2-6,9-10,13H,7-8H2,1H3,(H,19,20). The van der Waals surface area contributed by atoms with Gasteiger partial charge < -0.3 is 10.0 Å². The molecule has 1 saturated heterocycles. The summed E-state index contributed by atoms with van der Waals surface area (Å²) in [6, 6.07) is 7.37. The van der Waals surface area contributed by atoms with Gasteiger partial charge in [0.2, 0.25) is 5.91 Å². The molecular formula is C15H16BrNO3. The molecule has 1 heterocycles. The Bertz CT molecular complexity index is 556. The van der Waals surface area contributed by atoms with Crippen molar-refractivity contribution in [3.8, 4) is 0 Å². The summed E-state index contributed by atoms with van der Waals surface area (Å²) in [7, 11) is 0. The van der Waals surface area contributed by atoms with Crippen molar-refractivity contribution in [2.75, 3.05) is 6.54 Å². The van der Waals surface area contributed by atoms with Crippen LogP contribution in [0.25, 0.3) is 6.08 Å². The molecule has 4 nitrogen and oxygen atoms in total. The number of nitrogens with zero attached hydrogens (tertiary/aromatic N) is 1. The highest BCUT2D eigenvalue weighted by Gasteiger charge is 2.37. The summed E-state index contributed by atoms with van der Waals surface area (Å²) in [5.41, 5.74) is 0.925. The molecule has 106 valence electrons. The molecule has 2 unspecified atom stereocenters. The number of likely N-dealkylation sites (tertiary alicyclic amines) is 1. The van der Waals surface area contributed by atoms with E-state index in [1.54, 1.807) is 17.9 Å². The minimum Gasteiger partial charge on any atom is -0.481 e. The maximum absolute atomic E-state index is 12.1. The molecule has 1 fully saturated rings. The number of rotatable bonds is 3. The smallest absolute Gasteiger partial charge is 0.308 e. The van der Waals surface area contributed by atoms with E-state index in [-0.39, 0.29) is 11.9 Å². The molecule has 1 aliphatic heterocycles. The summed E-state index contributed by atoms with van der Waals surface area (Å²) in [6.45, 7) is 2.29. The van der Waals surface area contributed by atoms with Gasteiger partial charge in [-0.05, 0) is 37.1 Å². The van der Waals surface area contributed by atoms with Gasteiger partial charge in [0, 0.05) is 23.1 Å². The van der Waals surface area contributed by atoms with Crippen molar-refractivity contribution in [2.24, 2.45) is 5.92 Å². The third kappa shape index (κ3) is 3.28. The molecule has 20 heavy (non-hydrogen) atoms. The van der Waals surface area contributed by atoms with Gasteiger partial charge in [-0.2, -0.15) is 0 Å². The number of carbonyl (C=O) groups is 2. The van der Waals surface area contributed by atoms with Crippen molar-refractivity contribution in [3.05, 3.63) is 40.4 Å². The first-order chi connectivity index (χ1) is 9.49. The number of amides is 1. The van der Waals surface area contributed by atoms with E-state index in [1.807, 2.05) is 24.3 Å². The lowest BCUT2D eigenvalue weighted by molar-refractivity contribution is -0.142. The van der Waals surface area contributed by atoms with Crippen molar-refractivity contribution in [2.45, 2.75) is 19.4 Å². The zero-order chi connectivity index (χ0) is 14.7. The highest BCUT2D eigenvalue weighted by molar-refractivity contribution is 9.10. The van der Waals surface area contributed by atoms with Crippen LogP contribution in [-0.4, -0.2) is 34.5 Å². The van der Waals surface area contributed by atoms with Crippen LogP contribution in [0, 0.1) is 5.92 Å². The first-order valence-electron chi connectivity index (χ1n) is 6.46. The number of benzene rings is 1. The molecular weight excluding hydrogens is 322 g/mol. The molecule has 0 radical (unpaired) electrons. The highest BCUT2D eigenvalue weighted by Crippen LogP contribution is 2.24. The van der Waals surface area contributed by atoms with Crippen LogP contribution in [0.3, 0.4) is 0 Å². The Kier molecular flexibility index (Phi) is 4.60. The van der Waals surface area contributed by atoms with Crippen molar-refractivity contribution >= 4 is 33.9 Å². The third-order valence-electron chi connectivity index (χ3n) is 3.62. The zero-order valence-electron chi connectivity index (χ0n) is 11.1. The molecule has 0 bridgehead atoms. The monoisotopic (exact) mass is 337 g/mol. The number of halogens is 1. The normalized spacial score (nSPS) is 22.4.